The van der Waals surface area contributed by atoms with Crippen LogP contribution >= 0.6 is 0 Å². The lowest BCUT2D eigenvalue weighted by Crippen LogP contribution is -2.33. The van der Waals surface area contributed by atoms with Gasteiger partial charge in [-0.15, -0.1) is 0 Å². The average Bonchev–Trinajstić information content (AvgIpc) is 2.74. The van der Waals surface area contributed by atoms with Gasteiger partial charge in [-0.1, -0.05) is 0 Å². The van der Waals surface area contributed by atoms with Crippen LogP contribution in [0.4, 0.5) is 5.69 Å². The number of carbonyl (C=O) groups is 1. The molecule has 1 heterocycles. The molecule has 6 nitrogen and oxygen atoms in total. The first-order valence-corrected chi connectivity index (χ1v) is 5.31. The van der Waals surface area contributed by atoms with Crippen LogP contribution in [-0.2, 0) is 9.53 Å². The Kier molecular flexibility index (Phi) is 3.10. The summed E-state index contributed by atoms with van der Waals surface area (Å²) in [6.07, 6.45) is 0. The van der Waals surface area contributed by atoms with Crippen molar-refractivity contribution in [2.45, 2.75) is 6.04 Å². The van der Waals surface area contributed by atoms with Gasteiger partial charge in [0.15, 0.2) is 6.04 Å². The third-order valence-electron chi connectivity index (χ3n) is 2.83. The summed E-state index contributed by atoms with van der Waals surface area (Å²) in [6.45, 7) is 0. The molecule has 0 radical (unpaired) electrons. The van der Waals surface area contributed by atoms with Crippen molar-refractivity contribution in [2.75, 3.05) is 26.6 Å². The van der Waals surface area contributed by atoms with Crippen LogP contribution in [0.15, 0.2) is 12.1 Å². The molecular weight excluding hydrogens is 236 g/mol. The monoisotopic (exact) mass is 250 g/mol. The van der Waals surface area contributed by atoms with Gasteiger partial charge in [0.05, 0.1) is 38.3 Å². The van der Waals surface area contributed by atoms with E-state index in [0.717, 1.165) is 0 Å². The Bertz CT molecular complexity index is 513. The largest absolute Gasteiger partial charge is 0.497 e. The Morgan fingerprint density at radius 1 is 1.28 bits per heavy atom. The second-order valence-electron chi connectivity index (χ2n) is 3.77. The molecule has 2 rings (SSSR count). The molecule has 6 heteroatoms. The topological polar surface area (TPSA) is 80.6 Å². The second kappa shape index (κ2) is 4.56. The maximum Gasteiger partial charge on any atom is 0.334 e. The van der Waals surface area contributed by atoms with Crippen molar-refractivity contribution in [3.8, 4) is 11.5 Å². The lowest BCUT2D eigenvalue weighted by Gasteiger charge is -2.09. The highest BCUT2D eigenvalue weighted by molar-refractivity contribution is 6.23. The summed E-state index contributed by atoms with van der Waals surface area (Å²) >= 11 is 0. The highest BCUT2D eigenvalue weighted by Gasteiger charge is 2.36. The second-order valence-corrected chi connectivity index (χ2v) is 3.77. The van der Waals surface area contributed by atoms with E-state index in [1.54, 1.807) is 19.2 Å². The number of ether oxygens (including phenoxy) is 3. The fourth-order valence-electron chi connectivity index (χ4n) is 1.93. The van der Waals surface area contributed by atoms with Crippen LogP contribution in [0, 0.1) is 5.41 Å². The Balaban J connectivity index is 2.47. The summed E-state index contributed by atoms with van der Waals surface area (Å²) in [7, 11) is 4.34. The van der Waals surface area contributed by atoms with E-state index in [2.05, 4.69) is 10.1 Å². The van der Waals surface area contributed by atoms with Gasteiger partial charge >= 0.3 is 5.97 Å². The standard InChI is InChI=1S/C12H14N2O4/c1-16-6-4-7-9(8(5-6)17-2)10(13)11(14-7)12(15)18-3/h4-5,11,13-14H,1-3H3/t11-/m1/s1. The molecule has 0 saturated heterocycles. The van der Waals surface area contributed by atoms with Crippen LogP contribution < -0.4 is 14.8 Å². The summed E-state index contributed by atoms with van der Waals surface area (Å²) in [5.41, 5.74) is 1.33. The predicted octanol–water partition coefficient (Wildman–Crippen LogP) is 1.04. The fraction of sp³-hybridized carbons (Fsp3) is 0.333. The maximum absolute atomic E-state index is 11.5. The SMILES string of the molecule is COC(=O)[C@@H]1Nc2cc(OC)cc(OC)c2C1=N. The minimum absolute atomic E-state index is 0.136. The number of methoxy groups -OCH3 is 3. The lowest BCUT2D eigenvalue weighted by atomic mass is 10.1. The van der Waals surface area contributed by atoms with Crippen molar-refractivity contribution >= 4 is 17.4 Å². The Hall–Kier alpha value is -2.24. The Morgan fingerprint density at radius 3 is 2.56 bits per heavy atom. The number of hydrogen-bond acceptors (Lipinski definition) is 6. The molecule has 18 heavy (non-hydrogen) atoms. The first-order valence-electron chi connectivity index (χ1n) is 5.31. The number of fused-ring (bicyclic) bond motifs is 1. The van der Waals surface area contributed by atoms with E-state index in [1.807, 2.05) is 0 Å². The maximum atomic E-state index is 11.5. The minimum Gasteiger partial charge on any atom is -0.497 e. The van der Waals surface area contributed by atoms with Crippen LogP contribution in [0.1, 0.15) is 5.56 Å². The molecule has 1 aromatic carbocycles. The molecule has 1 aliphatic rings. The quantitative estimate of drug-likeness (QED) is 0.783. The smallest absolute Gasteiger partial charge is 0.334 e. The zero-order valence-corrected chi connectivity index (χ0v) is 10.4. The molecule has 1 aliphatic heterocycles. The van der Waals surface area contributed by atoms with Gasteiger partial charge in [-0.05, 0) is 0 Å². The van der Waals surface area contributed by atoms with Crippen molar-refractivity contribution in [3.05, 3.63) is 17.7 Å². The Labute approximate surface area is 104 Å². The summed E-state index contributed by atoms with van der Waals surface area (Å²) in [5, 5.41) is 10.9. The van der Waals surface area contributed by atoms with Gasteiger partial charge < -0.3 is 24.9 Å². The van der Waals surface area contributed by atoms with E-state index in [0.29, 0.717) is 22.7 Å². The van der Waals surface area contributed by atoms with Gasteiger partial charge in [-0.25, -0.2) is 4.79 Å². The lowest BCUT2D eigenvalue weighted by molar-refractivity contribution is -0.139. The van der Waals surface area contributed by atoms with Crippen LogP contribution in [0.5, 0.6) is 11.5 Å². The van der Waals surface area contributed by atoms with Gasteiger partial charge in [0.25, 0.3) is 0 Å². The molecule has 2 N–H and O–H groups in total. The molecule has 96 valence electrons. The van der Waals surface area contributed by atoms with Crippen LogP contribution in [0.2, 0.25) is 0 Å². The van der Waals surface area contributed by atoms with E-state index >= 15 is 0 Å². The van der Waals surface area contributed by atoms with E-state index < -0.39 is 12.0 Å². The molecular formula is C12H14N2O4. The zero-order valence-electron chi connectivity index (χ0n) is 10.4. The molecule has 0 unspecified atom stereocenters. The van der Waals surface area contributed by atoms with E-state index in [9.17, 15) is 4.79 Å². The highest BCUT2D eigenvalue weighted by atomic mass is 16.5. The van der Waals surface area contributed by atoms with Gasteiger partial charge in [0.2, 0.25) is 0 Å². The molecule has 0 aliphatic carbocycles. The summed E-state index contributed by atoms with van der Waals surface area (Å²) in [4.78, 5) is 11.5. The van der Waals surface area contributed by atoms with Gasteiger partial charge in [0.1, 0.15) is 11.5 Å². The number of anilines is 1. The number of esters is 1. The molecule has 1 atom stereocenters. The fourth-order valence-corrected chi connectivity index (χ4v) is 1.93. The van der Waals surface area contributed by atoms with Crippen molar-refractivity contribution in [1.82, 2.24) is 0 Å². The van der Waals surface area contributed by atoms with Crippen LogP contribution in [0.3, 0.4) is 0 Å². The van der Waals surface area contributed by atoms with Crippen molar-refractivity contribution < 1.29 is 19.0 Å². The first-order chi connectivity index (χ1) is 8.62. The van der Waals surface area contributed by atoms with Gasteiger partial charge in [0, 0.05) is 12.1 Å². The molecule has 0 spiro atoms. The van der Waals surface area contributed by atoms with Gasteiger partial charge in [-0.3, -0.25) is 0 Å². The molecule has 0 saturated carbocycles. The molecule has 0 amide bonds. The van der Waals surface area contributed by atoms with Crippen molar-refractivity contribution in [2.24, 2.45) is 0 Å². The molecule has 0 aromatic heterocycles. The number of hydrogen-bond donors (Lipinski definition) is 2. The number of rotatable bonds is 3. The predicted molar refractivity (Wildman–Crippen MR) is 65.8 cm³/mol. The summed E-state index contributed by atoms with van der Waals surface area (Å²) in [5.74, 6) is 0.585. The minimum atomic E-state index is -0.800. The van der Waals surface area contributed by atoms with Crippen LogP contribution in [-0.4, -0.2) is 39.1 Å². The number of benzene rings is 1. The van der Waals surface area contributed by atoms with Crippen molar-refractivity contribution in [3.63, 3.8) is 0 Å². The zero-order chi connectivity index (χ0) is 13.3. The number of carbonyl (C=O) groups excluding carboxylic acids is 1. The Morgan fingerprint density at radius 2 is 2.00 bits per heavy atom. The van der Waals surface area contributed by atoms with E-state index in [4.69, 9.17) is 14.9 Å². The third kappa shape index (κ3) is 1.75. The van der Waals surface area contributed by atoms with Gasteiger partial charge in [-0.2, -0.15) is 0 Å². The number of nitrogens with one attached hydrogen (secondary N) is 2. The molecule has 0 fully saturated rings. The summed E-state index contributed by atoms with van der Waals surface area (Å²) < 4.78 is 15.0. The van der Waals surface area contributed by atoms with Crippen LogP contribution in [0.25, 0.3) is 0 Å². The van der Waals surface area contributed by atoms with E-state index in [-0.39, 0.29) is 5.71 Å². The average molecular weight is 250 g/mol. The normalized spacial score (nSPS) is 16.8. The first kappa shape index (κ1) is 12.2. The highest BCUT2D eigenvalue weighted by Crippen LogP contribution is 2.37. The summed E-state index contributed by atoms with van der Waals surface area (Å²) in [6, 6.07) is 2.59. The van der Waals surface area contributed by atoms with E-state index in [1.165, 1.54) is 14.2 Å². The molecule has 0 bridgehead atoms. The third-order valence-corrected chi connectivity index (χ3v) is 2.83. The molecule has 1 aromatic rings. The van der Waals surface area contributed by atoms with Crippen molar-refractivity contribution in [1.29, 1.82) is 5.41 Å².